The van der Waals surface area contributed by atoms with Crippen molar-refractivity contribution in [2.75, 3.05) is 6.61 Å². The van der Waals surface area contributed by atoms with E-state index in [4.69, 9.17) is 0 Å². The molecule has 0 amide bonds. The number of nitrogens with one attached hydrogen (secondary N) is 1. The molecule has 0 spiro atoms. The molecule has 100 valence electrons. The first-order valence-electron chi connectivity index (χ1n) is 7.30. The van der Waals surface area contributed by atoms with Gasteiger partial charge in [-0.3, -0.25) is 0 Å². The van der Waals surface area contributed by atoms with E-state index < -0.39 is 0 Å². The fraction of sp³-hybridized carbons (Fsp3) is 0.625. The van der Waals surface area contributed by atoms with Crippen LogP contribution in [0.25, 0.3) is 0 Å². The van der Waals surface area contributed by atoms with E-state index in [0.717, 1.165) is 6.42 Å². The Morgan fingerprint density at radius 3 is 2.61 bits per heavy atom. The van der Waals surface area contributed by atoms with Crippen LogP contribution in [-0.4, -0.2) is 17.8 Å². The lowest BCUT2D eigenvalue weighted by atomic mass is 9.93. The molecule has 0 aromatic heterocycles. The van der Waals surface area contributed by atoms with Crippen LogP contribution < -0.4 is 5.32 Å². The van der Waals surface area contributed by atoms with Gasteiger partial charge in [0, 0.05) is 6.04 Å². The van der Waals surface area contributed by atoms with Crippen molar-refractivity contribution in [1.82, 2.24) is 5.32 Å². The normalized spacial score (nSPS) is 18.8. The van der Waals surface area contributed by atoms with Crippen molar-refractivity contribution < 1.29 is 5.11 Å². The maximum atomic E-state index is 9.67. The summed E-state index contributed by atoms with van der Waals surface area (Å²) in [6.07, 6.45) is 7.55. The van der Waals surface area contributed by atoms with Gasteiger partial charge in [0.1, 0.15) is 0 Å². The number of aryl methyl sites for hydroxylation is 1. The number of benzene rings is 1. The van der Waals surface area contributed by atoms with Crippen molar-refractivity contribution in [3.05, 3.63) is 35.4 Å². The maximum Gasteiger partial charge on any atom is 0.0626 e. The minimum Gasteiger partial charge on any atom is -0.394 e. The van der Waals surface area contributed by atoms with Crippen molar-refractivity contribution in [1.29, 1.82) is 0 Å². The van der Waals surface area contributed by atoms with Crippen LogP contribution in [0.3, 0.4) is 0 Å². The Labute approximate surface area is 110 Å². The molecule has 1 aromatic carbocycles. The second kappa shape index (κ2) is 6.91. The predicted octanol–water partition coefficient (Wildman–Crippen LogP) is 3.20. The van der Waals surface area contributed by atoms with Gasteiger partial charge in [-0.05, 0) is 30.4 Å². The van der Waals surface area contributed by atoms with Crippen molar-refractivity contribution in [3.63, 3.8) is 0 Å². The molecule has 2 heteroatoms. The van der Waals surface area contributed by atoms with Crippen LogP contribution in [-0.2, 0) is 6.42 Å². The minimum absolute atomic E-state index is 0.101. The molecule has 2 N–H and O–H groups in total. The summed E-state index contributed by atoms with van der Waals surface area (Å²) in [6.45, 7) is 2.36. The monoisotopic (exact) mass is 247 g/mol. The molecular formula is C16H25NO. The van der Waals surface area contributed by atoms with Gasteiger partial charge in [-0.1, -0.05) is 50.5 Å². The molecule has 1 saturated carbocycles. The third-order valence-electron chi connectivity index (χ3n) is 4.04. The fourth-order valence-electron chi connectivity index (χ4n) is 2.99. The van der Waals surface area contributed by atoms with Crippen LogP contribution in [0.5, 0.6) is 0 Å². The highest BCUT2D eigenvalue weighted by atomic mass is 16.3. The molecule has 2 rings (SSSR count). The summed E-state index contributed by atoms with van der Waals surface area (Å²) in [5, 5.41) is 13.3. The summed E-state index contributed by atoms with van der Waals surface area (Å²) in [5.41, 5.74) is 2.62. The van der Waals surface area contributed by atoms with Gasteiger partial charge >= 0.3 is 0 Å². The van der Waals surface area contributed by atoms with Crippen molar-refractivity contribution in [2.24, 2.45) is 0 Å². The molecule has 1 aliphatic rings. The van der Waals surface area contributed by atoms with Crippen LogP contribution in [0.2, 0.25) is 0 Å². The Morgan fingerprint density at radius 2 is 1.94 bits per heavy atom. The van der Waals surface area contributed by atoms with E-state index in [1.807, 2.05) is 0 Å². The molecule has 18 heavy (non-hydrogen) atoms. The zero-order valence-corrected chi connectivity index (χ0v) is 11.4. The molecule has 1 unspecified atom stereocenters. The number of aliphatic hydroxyl groups excluding tert-OH is 1. The quantitative estimate of drug-likeness (QED) is 0.837. The van der Waals surface area contributed by atoms with E-state index in [1.54, 1.807) is 0 Å². The first-order valence-corrected chi connectivity index (χ1v) is 7.30. The van der Waals surface area contributed by atoms with Gasteiger partial charge in [0.15, 0.2) is 0 Å². The topological polar surface area (TPSA) is 32.3 Å². The minimum atomic E-state index is 0.101. The number of rotatable bonds is 5. The lowest BCUT2D eigenvalue weighted by molar-refractivity contribution is 0.219. The average Bonchev–Trinajstić information content (AvgIpc) is 2.46. The predicted molar refractivity (Wildman–Crippen MR) is 75.7 cm³/mol. The number of hydrogen-bond donors (Lipinski definition) is 2. The Kier molecular flexibility index (Phi) is 5.21. The van der Waals surface area contributed by atoms with Gasteiger partial charge in [0.2, 0.25) is 0 Å². The zero-order valence-electron chi connectivity index (χ0n) is 11.4. The molecule has 2 nitrogen and oxygen atoms in total. The fourth-order valence-corrected chi connectivity index (χ4v) is 2.99. The molecule has 0 saturated heterocycles. The van der Waals surface area contributed by atoms with E-state index in [1.165, 1.54) is 43.2 Å². The highest BCUT2D eigenvalue weighted by molar-refractivity contribution is 5.30. The van der Waals surface area contributed by atoms with Crippen LogP contribution in [0.4, 0.5) is 0 Å². The van der Waals surface area contributed by atoms with Crippen LogP contribution in [0.1, 0.15) is 56.2 Å². The molecule has 0 aliphatic heterocycles. The average molecular weight is 247 g/mol. The molecule has 0 radical (unpaired) electrons. The van der Waals surface area contributed by atoms with Crippen LogP contribution in [0, 0.1) is 0 Å². The molecule has 1 aliphatic carbocycles. The summed E-state index contributed by atoms with van der Waals surface area (Å²) in [7, 11) is 0. The van der Waals surface area contributed by atoms with E-state index >= 15 is 0 Å². The highest BCUT2D eigenvalue weighted by Crippen LogP contribution is 2.23. The third-order valence-corrected chi connectivity index (χ3v) is 4.04. The Balaban J connectivity index is 2.07. The lowest BCUT2D eigenvalue weighted by Gasteiger charge is -2.28. The van der Waals surface area contributed by atoms with Crippen molar-refractivity contribution in [2.45, 2.75) is 57.5 Å². The second-order valence-corrected chi connectivity index (χ2v) is 5.29. The molecule has 1 aromatic rings. The maximum absolute atomic E-state index is 9.67. The van der Waals surface area contributed by atoms with Crippen molar-refractivity contribution in [3.8, 4) is 0 Å². The second-order valence-electron chi connectivity index (χ2n) is 5.29. The van der Waals surface area contributed by atoms with Crippen molar-refractivity contribution >= 4 is 0 Å². The summed E-state index contributed by atoms with van der Waals surface area (Å²) in [6, 6.07) is 9.15. The number of hydrogen-bond acceptors (Lipinski definition) is 2. The summed E-state index contributed by atoms with van der Waals surface area (Å²) < 4.78 is 0. The van der Waals surface area contributed by atoms with Gasteiger partial charge in [-0.15, -0.1) is 0 Å². The smallest absolute Gasteiger partial charge is 0.0626 e. The van der Waals surface area contributed by atoms with Crippen LogP contribution in [0.15, 0.2) is 24.3 Å². The molecule has 0 bridgehead atoms. The largest absolute Gasteiger partial charge is 0.394 e. The molecular weight excluding hydrogens is 222 g/mol. The van der Waals surface area contributed by atoms with E-state index in [2.05, 4.69) is 36.5 Å². The SMILES string of the molecule is CCc1ccccc1C(CO)NC1CCCCC1. The Morgan fingerprint density at radius 1 is 1.22 bits per heavy atom. The first-order chi connectivity index (χ1) is 8.85. The first kappa shape index (κ1) is 13.6. The van der Waals surface area contributed by atoms with Crippen LogP contribution >= 0.6 is 0 Å². The van der Waals surface area contributed by atoms with Gasteiger partial charge in [0.05, 0.1) is 12.6 Å². The van der Waals surface area contributed by atoms with Gasteiger partial charge < -0.3 is 10.4 Å². The van der Waals surface area contributed by atoms with Gasteiger partial charge in [-0.2, -0.15) is 0 Å². The van der Waals surface area contributed by atoms with Gasteiger partial charge in [0.25, 0.3) is 0 Å². The highest BCUT2D eigenvalue weighted by Gasteiger charge is 2.19. The summed E-state index contributed by atoms with van der Waals surface area (Å²) >= 11 is 0. The standard InChI is InChI=1S/C16H25NO/c1-2-13-8-6-7-11-15(13)16(12-18)17-14-9-4-3-5-10-14/h6-8,11,14,16-18H,2-5,9-10,12H2,1H3. The molecule has 1 atom stereocenters. The zero-order chi connectivity index (χ0) is 12.8. The molecule has 0 heterocycles. The summed E-state index contributed by atoms with van der Waals surface area (Å²) in [5.74, 6) is 0. The Hall–Kier alpha value is -0.860. The number of aliphatic hydroxyl groups is 1. The third kappa shape index (κ3) is 3.33. The van der Waals surface area contributed by atoms with E-state index in [0.29, 0.717) is 6.04 Å². The van der Waals surface area contributed by atoms with Gasteiger partial charge in [-0.25, -0.2) is 0 Å². The van der Waals surface area contributed by atoms with E-state index in [-0.39, 0.29) is 12.6 Å². The lowest BCUT2D eigenvalue weighted by Crippen LogP contribution is -2.36. The summed E-state index contributed by atoms with van der Waals surface area (Å²) in [4.78, 5) is 0. The Bertz CT molecular complexity index is 358. The van der Waals surface area contributed by atoms with E-state index in [9.17, 15) is 5.11 Å². The molecule has 1 fully saturated rings.